The predicted octanol–water partition coefficient (Wildman–Crippen LogP) is 3.22. The van der Waals surface area contributed by atoms with Crippen molar-refractivity contribution in [1.29, 1.82) is 0 Å². The molecule has 0 aromatic heterocycles. The molecule has 0 bridgehead atoms. The minimum absolute atomic E-state index is 0.521. The topological polar surface area (TPSA) is 15.3 Å². The second-order valence-corrected chi connectivity index (χ2v) is 6.06. The van der Waals surface area contributed by atoms with Gasteiger partial charge >= 0.3 is 0 Å². The lowest BCUT2D eigenvalue weighted by Crippen LogP contribution is -2.46. The Bertz CT molecular complexity index is 662. The van der Waals surface area contributed by atoms with E-state index in [-0.39, 0.29) is 0 Å². The van der Waals surface area contributed by atoms with E-state index < -0.39 is 0 Å². The maximum atomic E-state index is 3.57. The van der Waals surface area contributed by atoms with Crippen molar-refractivity contribution in [3.05, 3.63) is 59.2 Å². The number of hydrogen-bond acceptors (Lipinski definition) is 2. The van der Waals surface area contributed by atoms with Gasteiger partial charge in [0.15, 0.2) is 0 Å². The summed E-state index contributed by atoms with van der Waals surface area (Å²) in [6.45, 7) is 6.73. The number of benzene rings is 2. The molecule has 2 aromatic rings. The van der Waals surface area contributed by atoms with Crippen molar-refractivity contribution in [3.8, 4) is 11.1 Å². The molecule has 1 fully saturated rings. The van der Waals surface area contributed by atoms with Gasteiger partial charge in [0.05, 0.1) is 0 Å². The largest absolute Gasteiger partial charge is 0.314 e. The van der Waals surface area contributed by atoms with Crippen molar-refractivity contribution in [1.82, 2.24) is 10.2 Å². The molecule has 2 aromatic carbocycles. The number of piperazine rings is 1. The minimum atomic E-state index is 0.521. The molecule has 1 heterocycles. The van der Waals surface area contributed by atoms with Crippen LogP contribution in [-0.4, -0.2) is 31.1 Å². The van der Waals surface area contributed by atoms with E-state index in [4.69, 9.17) is 0 Å². The summed E-state index contributed by atoms with van der Waals surface area (Å²) >= 11 is 0. The van der Waals surface area contributed by atoms with Crippen LogP contribution in [0.15, 0.2) is 42.5 Å². The fourth-order valence-corrected chi connectivity index (χ4v) is 3.93. The Morgan fingerprint density at radius 2 is 1.95 bits per heavy atom. The maximum Gasteiger partial charge on any atom is 0.0476 e. The molecule has 1 unspecified atom stereocenters. The van der Waals surface area contributed by atoms with Crippen LogP contribution in [0.5, 0.6) is 0 Å². The Morgan fingerprint density at radius 1 is 1.10 bits per heavy atom. The monoisotopic (exact) mass is 278 g/mol. The highest BCUT2D eigenvalue weighted by molar-refractivity contribution is 5.78. The molecule has 0 radical (unpaired) electrons. The van der Waals surface area contributed by atoms with Crippen molar-refractivity contribution in [2.24, 2.45) is 0 Å². The van der Waals surface area contributed by atoms with Crippen LogP contribution in [0, 0.1) is 0 Å². The third-order valence-electron chi connectivity index (χ3n) is 5.01. The van der Waals surface area contributed by atoms with E-state index in [1.165, 1.54) is 22.3 Å². The first kappa shape index (κ1) is 13.1. The molecule has 21 heavy (non-hydrogen) atoms. The van der Waals surface area contributed by atoms with Crippen LogP contribution in [0.25, 0.3) is 11.1 Å². The van der Waals surface area contributed by atoms with Crippen molar-refractivity contribution in [3.63, 3.8) is 0 Å². The van der Waals surface area contributed by atoms with Gasteiger partial charge in [0.25, 0.3) is 0 Å². The molecule has 108 valence electrons. The van der Waals surface area contributed by atoms with Crippen LogP contribution in [0.2, 0.25) is 0 Å². The van der Waals surface area contributed by atoms with Crippen molar-refractivity contribution >= 4 is 0 Å². The van der Waals surface area contributed by atoms with Crippen LogP contribution in [0.3, 0.4) is 0 Å². The van der Waals surface area contributed by atoms with Crippen molar-refractivity contribution in [2.45, 2.75) is 19.4 Å². The van der Waals surface area contributed by atoms with Gasteiger partial charge in [0.1, 0.15) is 0 Å². The molecule has 1 atom stereocenters. The molecular formula is C19H22N2. The van der Waals surface area contributed by atoms with Gasteiger partial charge in [0.2, 0.25) is 0 Å². The standard InChI is InChI=1S/C19H22N2/c1-2-21-11-10-20-13-19(21)17-9-5-8-16-15-7-4-3-6-14(15)12-18(16)17/h3-9,19-20H,2,10-13H2,1H3. The number of likely N-dealkylation sites (N-methyl/N-ethyl adjacent to an activating group) is 1. The van der Waals surface area contributed by atoms with Gasteiger partial charge < -0.3 is 5.32 Å². The first-order valence-corrected chi connectivity index (χ1v) is 8.03. The SMILES string of the molecule is CCN1CCNCC1c1cccc2c1Cc1ccccc1-2. The quantitative estimate of drug-likeness (QED) is 0.774. The second kappa shape index (κ2) is 5.28. The zero-order chi connectivity index (χ0) is 14.2. The molecule has 0 spiro atoms. The van der Waals surface area contributed by atoms with Gasteiger partial charge in [-0.1, -0.05) is 49.4 Å². The van der Waals surface area contributed by atoms with Crippen LogP contribution in [0.4, 0.5) is 0 Å². The highest BCUT2D eigenvalue weighted by atomic mass is 15.2. The smallest absolute Gasteiger partial charge is 0.0476 e. The Hall–Kier alpha value is -1.64. The minimum Gasteiger partial charge on any atom is -0.314 e. The molecule has 1 N–H and O–H groups in total. The van der Waals surface area contributed by atoms with Gasteiger partial charge in [-0.2, -0.15) is 0 Å². The zero-order valence-corrected chi connectivity index (χ0v) is 12.6. The lowest BCUT2D eigenvalue weighted by Gasteiger charge is -2.36. The van der Waals surface area contributed by atoms with E-state index >= 15 is 0 Å². The normalized spacial score (nSPS) is 21.1. The van der Waals surface area contributed by atoms with Crippen LogP contribution < -0.4 is 5.32 Å². The average Bonchev–Trinajstić information content (AvgIpc) is 2.93. The number of nitrogens with one attached hydrogen (secondary N) is 1. The third kappa shape index (κ3) is 2.10. The predicted molar refractivity (Wildman–Crippen MR) is 87.5 cm³/mol. The summed E-state index contributed by atoms with van der Waals surface area (Å²) in [5.74, 6) is 0. The summed E-state index contributed by atoms with van der Waals surface area (Å²) in [5.41, 5.74) is 7.43. The Labute approximate surface area is 126 Å². The molecule has 2 nitrogen and oxygen atoms in total. The summed E-state index contributed by atoms with van der Waals surface area (Å²) in [7, 11) is 0. The summed E-state index contributed by atoms with van der Waals surface area (Å²) in [4.78, 5) is 2.61. The van der Waals surface area contributed by atoms with Gasteiger partial charge in [-0.15, -0.1) is 0 Å². The number of nitrogens with zero attached hydrogens (tertiary/aromatic N) is 1. The first-order chi connectivity index (χ1) is 10.4. The molecular weight excluding hydrogens is 256 g/mol. The molecule has 2 aliphatic rings. The number of rotatable bonds is 2. The van der Waals surface area contributed by atoms with E-state index in [2.05, 4.69) is 59.6 Å². The van der Waals surface area contributed by atoms with E-state index in [9.17, 15) is 0 Å². The Morgan fingerprint density at radius 3 is 2.86 bits per heavy atom. The Kier molecular flexibility index (Phi) is 3.28. The number of fused-ring (bicyclic) bond motifs is 3. The van der Waals surface area contributed by atoms with Gasteiger partial charge in [-0.3, -0.25) is 4.90 Å². The highest BCUT2D eigenvalue weighted by Gasteiger charge is 2.28. The van der Waals surface area contributed by atoms with Crippen molar-refractivity contribution in [2.75, 3.05) is 26.2 Å². The fraction of sp³-hybridized carbons (Fsp3) is 0.368. The third-order valence-corrected chi connectivity index (χ3v) is 5.01. The van der Waals surface area contributed by atoms with Gasteiger partial charge in [0, 0.05) is 25.7 Å². The lowest BCUT2D eigenvalue weighted by atomic mass is 9.94. The second-order valence-electron chi connectivity index (χ2n) is 6.06. The zero-order valence-electron chi connectivity index (χ0n) is 12.6. The molecule has 1 saturated heterocycles. The molecule has 0 saturated carbocycles. The average molecular weight is 278 g/mol. The van der Waals surface area contributed by atoms with Crippen LogP contribution in [0.1, 0.15) is 29.7 Å². The van der Waals surface area contributed by atoms with E-state index in [0.29, 0.717) is 6.04 Å². The Balaban J connectivity index is 1.79. The molecule has 2 heteroatoms. The van der Waals surface area contributed by atoms with E-state index in [1.807, 2.05) is 0 Å². The fourth-order valence-electron chi connectivity index (χ4n) is 3.93. The summed E-state index contributed by atoms with van der Waals surface area (Å²) in [5, 5.41) is 3.57. The van der Waals surface area contributed by atoms with E-state index in [1.54, 1.807) is 5.56 Å². The van der Waals surface area contributed by atoms with Crippen LogP contribution >= 0.6 is 0 Å². The van der Waals surface area contributed by atoms with Gasteiger partial charge in [-0.25, -0.2) is 0 Å². The van der Waals surface area contributed by atoms with Crippen molar-refractivity contribution < 1.29 is 0 Å². The van der Waals surface area contributed by atoms with E-state index in [0.717, 1.165) is 32.6 Å². The summed E-state index contributed by atoms with van der Waals surface area (Å²) < 4.78 is 0. The summed E-state index contributed by atoms with van der Waals surface area (Å²) in [6, 6.07) is 16.2. The first-order valence-electron chi connectivity index (χ1n) is 8.03. The maximum absolute atomic E-state index is 3.57. The number of hydrogen-bond donors (Lipinski definition) is 1. The van der Waals surface area contributed by atoms with Gasteiger partial charge in [-0.05, 0) is 40.8 Å². The van der Waals surface area contributed by atoms with Crippen LogP contribution in [-0.2, 0) is 6.42 Å². The summed E-state index contributed by atoms with van der Waals surface area (Å²) in [6.07, 6.45) is 1.09. The molecule has 0 amide bonds. The molecule has 1 aliphatic carbocycles. The lowest BCUT2D eigenvalue weighted by molar-refractivity contribution is 0.170. The highest BCUT2D eigenvalue weighted by Crippen LogP contribution is 2.40. The molecule has 4 rings (SSSR count). The molecule has 1 aliphatic heterocycles.